The first-order valence-electron chi connectivity index (χ1n) is 5.74. The summed E-state index contributed by atoms with van der Waals surface area (Å²) in [4.78, 5) is 0. The van der Waals surface area contributed by atoms with Crippen molar-refractivity contribution in [3.05, 3.63) is 52.9 Å². The highest BCUT2D eigenvalue weighted by Gasteiger charge is 2.29. The first-order chi connectivity index (χ1) is 8.95. The van der Waals surface area contributed by atoms with Gasteiger partial charge in [-0.05, 0) is 24.6 Å². The Labute approximate surface area is 108 Å². The van der Waals surface area contributed by atoms with E-state index in [1.54, 1.807) is 13.0 Å². The fraction of sp³-hybridized carbons (Fsp3) is 0.308. The summed E-state index contributed by atoms with van der Waals surface area (Å²) in [6.45, 7) is 2.79. The van der Waals surface area contributed by atoms with Crippen LogP contribution in [0.4, 0.5) is 13.2 Å². The number of hydrogen-bond donors (Lipinski definition) is 1. The summed E-state index contributed by atoms with van der Waals surface area (Å²) in [7, 11) is 0. The van der Waals surface area contributed by atoms with Crippen molar-refractivity contribution in [2.45, 2.75) is 26.2 Å². The molecule has 0 aliphatic rings. The normalized spacial score (nSPS) is 11.8. The standard InChI is InChI=1S/C13H13F3N2O/c1-9-6-12(18-19-9)8-17-7-10-2-4-11(5-3-10)13(14,15)16/h2-6,17H,7-8H2,1H3. The maximum absolute atomic E-state index is 12.4. The predicted octanol–water partition coefficient (Wildman–Crippen LogP) is 3.29. The van der Waals surface area contributed by atoms with Crippen LogP contribution in [0.5, 0.6) is 0 Å². The van der Waals surface area contributed by atoms with Crippen LogP contribution < -0.4 is 5.32 Å². The summed E-state index contributed by atoms with van der Waals surface area (Å²) >= 11 is 0. The van der Waals surface area contributed by atoms with Crippen LogP contribution in [0.3, 0.4) is 0 Å². The van der Waals surface area contributed by atoms with Crippen molar-refractivity contribution in [2.24, 2.45) is 0 Å². The Balaban J connectivity index is 1.86. The second-order valence-corrected chi connectivity index (χ2v) is 4.23. The van der Waals surface area contributed by atoms with Crippen molar-refractivity contribution in [3.63, 3.8) is 0 Å². The third-order valence-electron chi connectivity index (χ3n) is 2.59. The van der Waals surface area contributed by atoms with Gasteiger partial charge in [0.15, 0.2) is 0 Å². The fourth-order valence-corrected chi connectivity index (χ4v) is 1.65. The molecule has 0 fully saturated rings. The quantitative estimate of drug-likeness (QED) is 0.926. The van der Waals surface area contributed by atoms with Gasteiger partial charge in [-0.25, -0.2) is 0 Å². The fourth-order valence-electron chi connectivity index (χ4n) is 1.65. The zero-order valence-corrected chi connectivity index (χ0v) is 10.3. The van der Waals surface area contributed by atoms with Crippen molar-refractivity contribution in [1.82, 2.24) is 10.5 Å². The first kappa shape index (κ1) is 13.6. The Hall–Kier alpha value is -1.82. The van der Waals surface area contributed by atoms with E-state index in [1.807, 2.05) is 0 Å². The lowest BCUT2D eigenvalue weighted by Crippen LogP contribution is -2.13. The van der Waals surface area contributed by atoms with Gasteiger partial charge >= 0.3 is 6.18 Å². The van der Waals surface area contributed by atoms with Gasteiger partial charge in [0, 0.05) is 19.2 Å². The smallest absolute Gasteiger partial charge is 0.361 e. The minimum atomic E-state index is -4.29. The average Bonchev–Trinajstić information content (AvgIpc) is 2.75. The van der Waals surface area contributed by atoms with Crippen LogP contribution >= 0.6 is 0 Å². The third-order valence-corrected chi connectivity index (χ3v) is 2.59. The Bertz CT molecular complexity index is 532. The topological polar surface area (TPSA) is 38.1 Å². The molecular formula is C13H13F3N2O. The molecule has 1 aromatic carbocycles. The van der Waals surface area contributed by atoms with Crippen LogP contribution in [-0.2, 0) is 19.3 Å². The van der Waals surface area contributed by atoms with E-state index in [0.29, 0.717) is 13.1 Å². The molecule has 6 heteroatoms. The van der Waals surface area contributed by atoms with E-state index >= 15 is 0 Å². The third kappa shape index (κ3) is 3.82. The number of aromatic nitrogens is 1. The highest BCUT2D eigenvalue weighted by molar-refractivity contribution is 5.24. The number of halogens is 3. The predicted molar refractivity (Wildman–Crippen MR) is 63.2 cm³/mol. The van der Waals surface area contributed by atoms with Gasteiger partial charge in [-0.15, -0.1) is 0 Å². The molecule has 0 aliphatic carbocycles. The molecule has 0 saturated carbocycles. The maximum Gasteiger partial charge on any atom is 0.416 e. The van der Waals surface area contributed by atoms with Gasteiger partial charge in [-0.1, -0.05) is 17.3 Å². The van der Waals surface area contributed by atoms with Crippen molar-refractivity contribution in [2.75, 3.05) is 0 Å². The van der Waals surface area contributed by atoms with E-state index in [2.05, 4.69) is 10.5 Å². The number of nitrogens with one attached hydrogen (secondary N) is 1. The van der Waals surface area contributed by atoms with Gasteiger partial charge in [-0.3, -0.25) is 0 Å². The Morgan fingerprint density at radius 3 is 2.37 bits per heavy atom. The van der Waals surface area contributed by atoms with E-state index in [1.165, 1.54) is 12.1 Å². The Morgan fingerprint density at radius 2 is 1.84 bits per heavy atom. The summed E-state index contributed by atoms with van der Waals surface area (Å²) in [6.07, 6.45) is -4.29. The number of hydrogen-bond acceptors (Lipinski definition) is 3. The highest BCUT2D eigenvalue weighted by Crippen LogP contribution is 2.29. The molecule has 0 unspecified atom stereocenters. The summed E-state index contributed by atoms with van der Waals surface area (Å²) in [5, 5.41) is 6.89. The number of aryl methyl sites for hydroxylation is 1. The Morgan fingerprint density at radius 1 is 1.16 bits per heavy atom. The molecule has 0 atom stereocenters. The van der Waals surface area contributed by atoms with Gasteiger partial charge in [-0.2, -0.15) is 13.2 Å². The maximum atomic E-state index is 12.4. The van der Waals surface area contributed by atoms with E-state index in [4.69, 9.17) is 4.52 Å². The van der Waals surface area contributed by atoms with Crippen LogP contribution in [-0.4, -0.2) is 5.16 Å². The second kappa shape index (κ2) is 5.44. The lowest BCUT2D eigenvalue weighted by molar-refractivity contribution is -0.137. The van der Waals surface area contributed by atoms with Gasteiger partial charge in [0.05, 0.1) is 11.3 Å². The molecule has 19 heavy (non-hydrogen) atoms. The number of benzene rings is 1. The molecule has 1 heterocycles. The Kier molecular flexibility index (Phi) is 3.90. The van der Waals surface area contributed by atoms with Gasteiger partial charge in [0.1, 0.15) is 5.76 Å². The minimum absolute atomic E-state index is 0.476. The summed E-state index contributed by atoms with van der Waals surface area (Å²) in [5.41, 5.74) is 0.918. The van der Waals surface area contributed by atoms with Gasteiger partial charge in [0.2, 0.25) is 0 Å². The summed E-state index contributed by atoms with van der Waals surface area (Å²) in [6, 6.07) is 6.89. The molecule has 0 bridgehead atoms. The number of alkyl halides is 3. The molecule has 2 aromatic rings. The first-order valence-corrected chi connectivity index (χ1v) is 5.74. The van der Waals surface area contributed by atoms with Crippen LogP contribution in [0, 0.1) is 6.92 Å². The van der Waals surface area contributed by atoms with Crippen LogP contribution in [0.2, 0.25) is 0 Å². The molecule has 0 saturated heterocycles. The highest BCUT2D eigenvalue weighted by atomic mass is 19.4. The van der Waals surface area contributed by atoms with Crippen molar-refractivity contribution < 1.29 is 17.7 Å². The SMILES string of the molecule is Cc1cc(CNCc2ccc(C(F)(F)F)cc2)no1. The van der Waals surface area contributed by atoms with Crippen LogP contribution in [0.25, 0.3) is 0 Å². The van der Waals surface area contributed by atoms with E-state index in [0.717, 1.165) is 29.2 Å². The molecule has 1 N–H and O–H groups in total. The number of rotatable bonds is 4. The molecule has 0 spiro atoms. The molecule has 0 aliphatic heterocycles. The van der Waals surface area contributed by atoms with Gasteiger partial charge in [0.25, 0.3) is 0 Å². The molecule has 102 valence electrons. The van der Waals surface area contributed by atoms with Crippen LogP contribution in [0.15, 0.2) is 34.9 Å². The van der Waals surface area contributed by atoms with Crippen molar-refractivity contribution >= 4 is 0 Å². The summed E-state index contributed by atoms with van der Waals surface area (Å²) < 4.78 is 42.0. The zero-order chi connectivity index (χ0) is 13.9. The zero-order valence-electron chi connectivity index (χ0n) is 10.3. The second-order valence-electron chi connectivity index (χ2n) is 4.23. The molecule has 2 rings (SSSR count). The molecule has 0 amide bonds. The van der Waals surface area contributed by atoms with E-state index in [9.17, 15) is 13.2 Å². The van der Waals surface area contributed by atoms with Crippen molar-refractivity contribution in [1.29, 1.82) is 0 Å². The van der Waals surface area contributed by atoms with E-state index < -0.39 is 11.7 Å². The van der Waals surface area contributed by atoms with Crippen LogP contribution in [0.1, 0.15) is 22.6 Å². The largest absolute Gasteiger partial charge is 0.416 e. The molecule has 1 aromatic heterocycles. The van der Waals surface area contributed by atoms with E-state index in [-0.39, 0.29) is 0 Å². The monoisotopic (exact) mass is 270 g/mol. The lowest BCUT2D eigenvalue weighted by Gasteiger charge is -2.07. The molecule has 0 radical (unpaired) electrons. The lowest BCUT2D eigenvalue weighted by atomic mass is 10.1. The number of nitrogens with zero attached hydrogens (tertiary/aromatic N) is 1. The molecular weight excluding hydrogens is 257 g/mol. The minimum Gasteiger partial charge on any atom is -0.361 e. The average molecular weight is 270 g/mol. The summed E-state index contributed by atoms with van der Waals surface area (Å²) in [5.74, 6) is 0.728. The van der Waals surface area contributed by atoms with Crippen molar-refractivity contribution in [3.8, 4) is 0 Å². The van der Waals surface area contributed by atoms with Gasteiger partial charge < -0.3 is 9.84 Å². The molecule has 3 nitrogen and oxygen atoms in total.